The van der Waals surface area contributed by atoms with Gasteiger partial charge < -0.3 is 9.64 Å². The Morgan fingerprint density at radius 3 is 2.74 bits per heavy atom. The minimum atomic E-state index is 0.0760. The fraction of sp³-hybridized carbons (Fsp3) is 0.412. The van der Waals surface area contributed by atoms with Crippen LogP contribution in [0.4, 0.5) is 0 Å². The first kappa shape index (κ1) is 16.0. The van der Waals surface area contributed by atoms with Crippen LogP contribution >= 0.6 is 11.3 Å². The molecule has 1 atom stereocenters. The van der Waals surface area contributed by atoms with Crippen LogP contribution in [0.15, 0.2) is 35.8 Å². The molecule has 122 valence electrons. The first-order valence-electron chi connectivity index (χ1n) is 7.69. The van der Waals surface area contributed by atoms with E-state index in [0.29, 0.717) is 0 Å². The molecule has 1 aromatic heterocycles. The number of methoxy groups -OCH3 is 1. The van der Waals surface area contributed by atoms with Gasteiger partial charge in [-0.2, -0.15) is 0 Å². The van der Waals surface area contributed by atoms with Crippen LogP contribution in [0.5, 0.6) is 5.75 Å². The van der Waals surface area contributed by atoms with E-state index in [0.717, 1.165) is 42.5 Å². The highest BCUT2D eigenvalue weighted by molar-refractivity contribution is 7.09. The third-order valence-electron chi connectivity index (χ3n) is 4.21. The maximum atomic E-state index is 12.0. The van der Waals surface area contributed by atoms with E-state index < -0.39 is 0 Å². The van der Waals surface area contributed by atoms with Crippen molar-refractivity contribution in [3.05, 3.63) is 46.4 Å². The topological polar surface area (TPSA) is 45.7 Å². The van der Waals surface area contributed by atoms with E-state index in [4.69, 9.17) is 4.74 Å². The molecule has 0 spiro atoms. The van der Waals surface area contributed by atoms with E-state index in [1.54, 1.807) is 25.4 Å². The molecule has 0 aliphatic carbocycles. The largest absolute Gasteiger partial charge is 0.497 e. The van der Waals surface area contributed by atoms with E-state index in [2.05, 4.69) is 9.88 Å². The van der Waals surface area contributed by atoms with Gasteiger partial charge in [0.15, 0.2) is 0 Å². The Labute approximate surface area is 140 Å². The Bertz CT molecular complexity index is 642. The Kier molecular flexibility index (Phi) is 4.93. The van der Waals surface area contributed by atoms with Crippen molar-refractivity contribution in [2.75, 3.05) is 26.7 Å². The Hall–Kier alpha value is -1.92. The first-order valence-corrected chi connectivity index (χ1v) is 8.57. The fourth-order valence-corrected chi connectivity index (χ4v) is 3.65. The molecule has 5 nitrogen and oxygen atoms in total. The van der Waals surface area contributed by atoms with Crippen molar-refractivity contribution in [1.29, 1.82) is 0 Å². The van der Waals surface area contributed by atoms with Gasteiger partial charge in [0, 0.05) is 38.1 Å². The summed E-state index contributed by atoms with van der Waals surface area (Å²) in [6.45, 7) is 4.94. The number of aromatic nitrogens is 1. The molecule has 0 bridgehead atoms. The molecule has 1 saturated heterocycles. The lowest BCUT2D eigenvalue weighted by atomic mass is 10.0. The average molecular weight is 331 g/mol. The van der Waals surface area contributed by atoms with E-state index >= 15 is 0 Å². The van der Waals surface area contributed by atoms with Crippen LogP contribution in [-0.4, -0.2) is 47.4 Å². The zero-order valence-electron chi connectivity index (χ0n) is 13.4. The highest BCUT2D eigenvalue weighted by atomic mass is 32.1. The molecule has 3 rings (SSSR count). The smallest absolute Gasteiger partial charge is 0.220 e. The van der Waals surface area contributed by atoms with E-state index in [1.807, 2.05) is 40.7 Å². The molecule has 6 heteroatoms. The van der Waals surface area contributed by atoms with Crippen molar-refractivity contribution >= 4 is 17.2 Å². The van der Waals surface area contributed by atoms with E-state index in [9.17, 15) is 4.79 Å². The second-order valence-electron chi connectivity index (χ2n) is 5.66. The molecule has 0 N–H and O–H groups in total. The summed E-state index contributed by atoms with van der Waals surface area (Å²) in [4.78, 5) is 20.7. The summed E-state index contributed by atoms with van der Waals surface area (Å²) < 4.78 is 5.22. The van der Waals surface area contributed by atoms with Crippen molar-refractivity contribution in [2.24, 2.45) is 0 Å². The van der Waals surface area contributed by atoms with Crippen molar-refractivity contribution in [1.82, 2.24) is 14.8 Å². The molecule has 0 unspecified atom stereocenters. The standard InChI is InChI=1S/C17H21N3O2S/c1-13(21)20-9-8-19(12-17-18-7-10-23-17)11-16(20)14-3-5-15(22-2)6-4-14/h3-7,10,16H,8-9,11-12H2,1-2H3/t16-/m1/s1. The van der Waals surface area contributed by atoms with Crippen molar-refractivity contribution in [3.63, 3.8) is 0 Å². The Morgan fingerprint density at radius 1 is 1.35 bits per heavy atom. The lowest BCUT2D eigenvalue weighted by Gasteiger charge is -2.41. The number of benzene rings is 1. The molecular weight excluding hydrogens is 310 g/mol. The van der Waals surface area contributed by atoms with Crippen molar-refractivity contribution in [3.8, 4) is 5.75 Å². The van der Waals surface area contributed by atoms with Crippen LogP contribution in [0.2, 0.25) is 0 Å². The number of hydrogen-bond acceptors (Lipinski definition) is 5. The van der Waals surface area contributed by atoms with Crippen LogP contribution in [0.3, 0.4) is 0 Å². The van der Waals surface area contributed by atoms with Gasteiger partial charge in [-0.1, -0.05) is 12.1 Å². The summed E-state index contributed by atoms with van der Waals surface area (Å²) >= 11 is 1.68. The molecule has 2 heterocycles. The Morgan fingerprint density at radius 2 is 2.13 bits per heavy atom. The second kappa shape index (κ2) is 7.10. The fourth-order valence-electron chi connectivity index (χ4n) is 2.99. The third kappa shape index (κ3) is 3.71. The monoisotopic (exact) mass is 331 g/mol. The molecule has 1 amide bonds. The number of piperazine rings is 1. The van der Waals surface area contributed by atoms with Crippen LogP contribution in [0, 0.1) is 0 Å². The van der Waals surface area contributed by atoms with Crippen molar-refractivity contribution in [2.45, 2.75) is 19.5 Å². The average Bonchev–Trinajstić information content (AvgIpc) is 3.07. The number of hydrogen-bond donors (Lipinski definition) is 0. The maximum absolute atomic E-state index is 12.0. The summed E-state index contributed by atoms with van der Waals surface area (Å²) in [6.07, 6.45) is 1.84. The zero-order valence-corrected chi connectivity index (χ0v) is 14.3. The maximum Gasteiger partial charge on any atom is 0.220 e. The number of carbonyl (C=O) groups excluding carboxylic acids is 1. The number of thiazole rings is 1. The van der Waals surface area contributed by atoms with E-state index in [1.165, 1.54) is 0 Å². The number of carbonyl (C=O) groups is 1. The summed E-state index contributed by atoms with van der Waals surface area (Å²) in [6, 6.07) is 8.08. The van der Waals surface area contributed by atoms with Crippen molar-refractivity contribution < 1.29 is 9.53 Å². The SMILES string of the molecule is COc1ccc([C@H]2CN(Cc3nccs3)CCN2C(C)=O)cc1. The first-order chi connectivity index (χ1) is 11.2. The summed E-state index contributed by atoms with van der Waals surface area (Å²) in [7, 11) is 1.66. The molecule has 0 saturated carbocycles. The van der Waals surface area contributed by atoms with Gasteiger partial charge in [-0.15, -0.1) is 11.3 Å². The van der Waals surface area contributed by atoms with Gasteiger partial charge in [0.1, 0.15) is 10.8 Å². The minimum absolute atomic E-state index is 0.0760. The molecule has 1 aliphatic heterocycles. The third-order valence-corrected chi connectivity index (χ3v) is 4.98. The molecular formula is C17H21N3O2S. The quantitative estimate of drug-likeness (QED) is 0.864. The normalized spacial score (nSPS) is 18.9. The van der Waals surface area contributed by atoms with Crippen LogP contribution in [-0.2, 0) is 11.3 Å². The highest BCUT2D eigenvalue weighted by Gasteiger charge is 2.30. The summed E-state index contributed by atoms with van der Waals surface area (Å²) in [5, 5.41) is 3.12. The lowest BCUT2D eigenvalue weighted by molar-refractivity contribution is -0.134. The highest BCUT2D eigenvalue weighted by Crippen LogP contribution is 2.28. The molecule has 2 aromatic rings. The van der Waals surface area contributed by atoms with Crippen LogP contribution in [0.1, 0.15) is 23.5 Å². The van der Waals surface area contributed by atoms with E-state index in [-0.39, 0.29) is 11.9 Å². The van der Waals surface area contributed by atoms with Gasteiger partial charge in [-0.05, 0) is 17.7 Å². The van der Waals surface area contributed by atoms with Gasteiger partial charge in [0.05, 0.1) is 19.7 Å². The lowest BCUT2D eigenvalue weighted by Crippen LogP contribution is -2.49. The van der Waals surface area contributed by atoms with Crippen LogP contribution in [0.25, 0.3) is 0 Å². The number of ether oxygens (including phenoxy) is 1. The minimum Gasteiger partial charge on any atom is -0.497 e. The Balaban J connectivity index is 1.78. The predicted molar refractivity (Wildman–Crippen MR) is 90.5 cm³/mol. The van der Waals surface area contributed by atoms with Crippen LogP contribution < -0.4 is 4.74 Å². The second-order valence-corrected chi connectivity index (χ2v) is 6.64. The molecule has 23 heavy (non-hydrogen) atoms. The molecule has 0 radical (unpaired) electrons. The predicted octanol–water partition coefficient (Wildman–Crippen LogP) is 2.56. The zero-order chi connectivity index (χ0) is 16.2. The molecule has 1 aliphatic rings. The number of nitrogens with zero attached hydrogens (tertiary/aromatic N) is 3. The van der Waals surface area contributed by atoms with Gasteiger partial charge in [-0.25, -0.2) is 4.98 Å². The molecule has 1 fully saturated rings. The van der Waals surface area contributed by atoms with Gasteiger partial charge in [-0.3, -0.25) is 9.69 Å². The number of rotatable bonds is 4. The number of amides is 1. The summed E-state index contributed by atoms with van der Waals surface area (Å²) in [5.74, 6) is 0.957. The summed E-state index contributed by atoms with van der Waals surface area (Å²) in [5.41, 5.74) is 1.14. The van der Waals surface area contributed by atoms with Gasteiger partial charge in [0.2, 0.25) is 5.91 Å². The van der Waals surface area contributed by atoms with Gasteiger partial charge in [0.25, 0.3) is 0 Å². The van der Waals surface area contributed by atoms with Gasteiger partial charge >= 0.3 is 0 Å². The molecule has 1 aromatic carbocycles.